The molecule has 0 unspecified atom stereocenters. The zero-order chi connectivity index (χ0) is 22.9. The fourth-order valence-corrected chi connectivity index (χ4v) is 3.39. The van der Waals surface area contributed by atoms with Crippen LogP contribution in [0.4, 0.5) is 13.2 Å². The van der Waals surface area contributed by atoms with Crippen LogP contribution in [0, 0.1) is 0 Å². The maximum atomic E-state index is 12.9. The number of aldehydes is 1. The summed E-state index contributed by atoms with van der Waals surface area (Å²) in [5, 5.41) is 0. The number of hydrogen-bond donors (Lipinski definition) is 0. The van der Waals surface area contributed by atoms with E-state index < -0.39 is 12.0 Å². The van der Waals surface area contributed by atoms with Crippen LogP contribution < -0.4 is 0 Å². The first-order valence-electron chi connectivity index (χ1n) is 9.96. The largest absolute Gasteiger partial charge is 0.451 e. The molecule has 2 aromatic heterocycles. The smallest absolute Gasteiger partial charge is 0.337 e. The highest BCUT2D eigenvalue weighted by Crippen LogP contribution is 2.40. The van der Waals surface area contributed by atoms with E-state index in [0.29, 0.717) is 34.6 Å². The number of pyridine rings is 1. The van der Waals surface area contributed by atoms with Crippen molar-refractivity contribution in [2.75, 3.05) is 7.05 Å². The lowest BCUT2D eigenvalue weighted by molar-refractivity contribution is -0.145. The minimum absolute atomic E-state index is 0.239. The Bertz CT molecular complexity index is 1160. The summed E-state index contributed by atoms with van der Waals surface area (Å²) in [7, 11) is 1.63. The maximum Gasteiger partial charge on any atom is 0.451 e. The van der Waals surface area contributed by atoms with Crippen LogP contribution in [0.25, 0.3) is 11.3 Å². The Hall–Kier alpha value is -3.62. The lowest BCUT2D eigenvalue weighted by Gasteiger charge is -2.19. The average molecular weight is 440 g/mol. The molecular formula is C23H19F3N4O2. The van der Waals surface area contributed by atoms with Gasteiger partial charge in [0.05, 0.1) is 11.3 Å². The Kier molecular flexibility index (Phi) is 5.73. The summed E-state index contributed by atoms with van der Waals surface area (Å²) in [6.45, 7) is 0.239. The zero-order valence-corrected chi connectivity index (χ0v) is 17.1. The van der Waals surface area contributed by atoms with E-state index in [1.54, 1.807) is 37.4 Å². The number of carbonyl (C=O) groups is 2. The summed E-state index contributed by atoms with van der Waals surface area (Å²) >= 11 is 0. The number of amides is 1. The molecule has 0 aliphatic heterocycles. The van der Waals surface area contributed by atoms with Crippen molar-refractivity contribution in [3.63, 3.8) is 0 Å². The van der Waals surface area contributed by atoms with Crippen LogP contribution in [0.5, 0.6) is 0 Å². The summed E-state index contributed by atoms with van der Waals surface area (Å²) in [6.07, 6.45) is 0.207. The van der Waals surface area contributed by atoms with Crippen molar-refractivity contribution in [2.45, 2.75) is 31.5 Å². The van der Waals surface area contributed by atoms with E-state index in [0.717, 1.165) is 36.5 Å². The normalized spacial score (nSPS) is 13.6. The lowest BCUT2D eigenvalue weighted by atomic mass is 10.1. The number of nitrogens with zero attached hydrogens (tertiary/aromatic N) is 4. The van der Waals surface area contributed by atoms with E-state index in [1.165, 1.54) is 4.90 Å². The molecule has 1 aliphatic rings. The Balaban J connectivity index is 1.62. The molecule has 0 radical (unpaired) electrons. The molecule has 0 atom stereocenters. The molecule has 0 N–H and O–H groups in total. The highest BCUT2D eigenvalue weighted by atomic mass is 19.4. The SMILES string of the molecule is CN(Cc1cc(-c2cnc(C(F)(F)F)nc2)nc(C2CC2)c1)C(=O)c1ccccc1C=O. The van der Waals surface area contributed by atoms with E-state index in [1.807, 2.05) is 6.07 Å². The molecule has 9 heteroatoms. The first-order valence-corrected chi connectivity index (χ1v) is 9.96. The Morgan fingerprint density at radius 1 is 1.16 bits per heavy atom. The molecule has 1 aromatic carbocycles. The third-order valence-electron chi connectivity index (χ3n) is 5.19. The van der Waals surface area contributed by atoms with Crippen molar-refractivity contribution in [3.05, 3.63) is 77.0 Å². The number of alkyl halides is 3. The molecule has 0 bridgehead atoms. The Morgan fingerprint density at radius 3 is 2.47 bits per heavy atom. The summed E-state index contributed by atoms with van der Waals surface area (Å²) in [5.74, 6) is -1.23. The number of rotatable bonds is 6. The van der Waals surface area contributed by atoms with E-state index in [4.69, 9.17) is 0 Å². The third-order valence-corrected chi connectivity index (χ3v) is 5.19. The Morgan fingerprint density at radius 2 is 1.84 bits per heavy atom. The van der Waals surface area contributed by atoms with Crippen molar-refractivity contribution in [1.82, 2.24) is 19.9 Å². The molecule has 3 aromatic rings. The van der Waals surface area contributed by atoms with Crippen molar-refractivity contribution >= 4 is 12.2 Å². The van der Waals surface area contributed by atoms with E-state index in [2.05, 4.69) is 15.0 Å². The second-order valence-corrected chi connectivity index (χ2v) is 7.72. The fraction of sp³-hybridized carbons (Fsp3) is 0.261. The fourth-order valence-electron chi connectivity index (χ4n) is 3.39. The van der Waals surface area contributed by atoms with Gasteiger partial charge in [-0.1, -0.05) is 18.2 Å². The van der Waals surface area contributed by atoms with Crippen LogP contribution in [0.15, 0.2) is 48.8 Å². The highest BCUT2D eigenvalue weighted by molar-refractivity contribution is 6.01. The standard InChI is InChI=1S/C23H19F3N4O2/c1-30(21(32)18-5-3-2-4-16(18)13-31)12-14-8-19(15-6-7-15)29-20(9-14)17-10-27-22(28-11-17)23(24,25)26/h2-5,8-11,13,15H,6-7,12H2,1H3. The number of benzene rings is 1. The summed E-state index contributed by atoms with van der Waals surface area (Å²) in [4.78, 5) is 37.0. The van der Waals surface area contributed by atoms with E-state index >= 15 is 0 Å². The molecule has 1 fully saturated rings. The second-order valence-electron chi connectivity index (χ2n) is 7.72. The van der Waals surface area contributed by atoms with Gasteiger partial charge in [0.2, 0.25) is 5.82 Å². The first-order chi connectivity index (χ1) is 15.3. The molecular weight excluding hydrogens is 421 g/mol. The van der Waals surface area contributed by atoms with Crippen molar-refractivity contribution < 1.29 is 22.8 Å². The lowest BCUT2D eigenvalue weighted by Crippen LogP contribution is -2.27. The predicted octanol–water partition coefficient (Wildman–Crippen LogP) is 4.52. The van der Waals surface area contributed by atoms with E-state index in [-0.39, 0.29) is 12.5 Å². The van der Waals surface area contributed by atoms with E-state index in [9.17, 15) is 22.8 Å². The molecule has 1 aliphatic carbocycles. The van der Waals surface area contributed by atoms with Crippen molar-refractivity contribution in [2.24, 2.45) is 0 Å². The van der Waals surface area contributed by atoms with Crippen LogP contribution in [0.2, 0.25) is 0 Å². The zero-order valence-electron chi connectivity index (χ0n) is 17.1. The number of carbonyl (C=O) groups excluding carboxylic acids is 2. The predicted molar refractivity (Wildman–Crippen MR) is 110 cm³/mol. The van der Waals surface area contributed by atoms with Gasteiger partial charge in [0.15, 0.2) is 6.29 Å². The van der Waals surface area contributed by atoms with Crippen molar-refractivity contribution in [3.8, 4) is 11.3 Å². The minimum Gasteiger partial charge on any atom is -0.337 e. The third kappa shape index (κ3) is 4.66. The average Bonchev–Trinajstić information content (AvgIpc) is 3.63. The van der Waals surface area contributed by atoms with Crippen LogP contribution in [0.1, 0.15) is 56.6 Å². The number of aromatic nitrogens is 3. The van der Waals surface area contributed by atoms with Gasteiger partial charge in [0, 0.05) is 48.7 Å². The summed E-state index contributed by atoms with van der Waals surface area (Å²) in [6, 6.07) is 10.2. The van der Waals surface area contributed by atoms with Crippen molar-refractivity contribution in [1.29, 1.82) is 0 Å². The number of halogens is 3. The summed E-state index contributed by atoms with van der Waals surface area (Å²) < 4.78 is 38.3. The molecule has 0 spiro atoms. The van der Waals surface area contributed by atoms with Crippen LogP contribution in [-0.4, -0.2) is 39.1 Å². The molecule has 164 valence electrons. The number of hydrogen-bond acceptors (Lipinski definition) is 5. The van der Waals surface area contributed by atoms with Gasteiger partial charge in [-0.3, -0.25) is 14.6 Å². The Labute approximate surface area is 182 Å². The molecule has 1 amide bonds. The summed E-state index contributed by atoms with van der Waals surface area (Å²) in [5.41, 5.74) is 3.02. The molecule has 0 saturated heterocycles. The van der Waals surface area contributed by atoms with Gasteiger partial charge in [-0.15, -0.1) is 0 Å². The monoisotopic (exact) mass is 440 g/mol. The van der Waals surface area contributed by atoms with Gasteiger partial charge >= 0.3 is 6.18 Å². The maximum absolute atomic E-state index is 12.9. The van der Waals surface area contributed by atoms with Gasteiger partial charge in [0.25, 0.3) is 5.91 Å². The van der Waals surface area contributed by atoms with Gasteiger partial charge in [-0.2, -0.15) is 13.2 Å². The van der Waals surface area contributed by atoms with Crippen LogP contribution in [0.3, 0.4) is 0 Å². The molecule has 1 saturated carbocycles. The van der Waals surface area contributed by atoms with Crippen LogP contribution >= 0.6 is 0 Å². The van der Waals surface area contributed by atoms with Gasteiger partial charge in [-0.25, -0.2) is 9.97 Å². The van der Waals surface area contributed by atoms with Gasteiger partial charge in [-0.05, 0) is 36.6 Å². The minimum atomic E-state index is -4.62. The topological polar surface area (TPSA) is 76.1 Å². The molecule has 6 nitrogen and oxygen atoms in total. The quantitative estimate of drug-likeness (QED) is 0.527. The molecule has 2 heterocycles. The highest BCUT2D eigenvalue weighted by Gasteiger charge is 2.34. The second kappa shape index (κ2) is 8.49. The molecule has 4 rings (SSSR count). The van der Waals surface area contributed by atoms with Gasteiger partial charge < -0.3 is 4.90 Å². The first kappa shape index (κ1) is 21.6. The van der Waals surface area contributed by atoms with Crippen LogP contribution in [-0.2, 0) is 12.7 Å². The molecule has 32 heavy (non-hydrogen) atoms. The van der Waals surface area contributed by atoms with Gasteiger partial charge in [0.1, 0.15) is 0 Å².